The Labute approximate surface area is 156 Å². The lowest BCUT2D eigenvalue weighted by Gasteiger charge is -2.22. The van der Waals surface area contributed by atoms with Crippen molar-refractivity contribution in [2.24, 2.45) is 0 Å². The summed E-state index contributed by atoms with van der Waals surface area (Å²) < 4.78 is 95.3. The molecule has 1 fully saturated rings. The minimum absolute atomic E-state index is 0.267. The molecule has 0 aliphatic heterocycles. The lowest BCUT2D eigenvalue weighted by atomic mass is 10.2. The predicted octanol–water partition coefficient (Wildman–Crippen LogP) is 4.22. The van der Waals surface area contributed by atoms with Crippen LogP contribution in [0.1, 0.15) is 18.4 Å². The molecule has 0 unspecified atom stereocenters. The summed E-state index contributed by atoms with van der Waals surface area (Å²) in [7, 11) is -4.98. The number of aromatic amines is 1. The first-order valence-electron chi connectivity index (χ1n) is 8.31. The van der Waals surface area contributed by atoms with Crippen LogP contribution in [0.15, 0.2) is 35.4 Å². The van der Waals surface area contributed by atoms with Crippen molar-refractivity contribution >= 4 is 20.9 Å². The number of hydrogen-bond acceptors (Lipinski definition) is 2. The molecule has 2 aromatic carbocycles. The van der Waals surface area contributed by atoms with Gasteiger partial charge in [-0.25, -0.2) is 30.4 Å². The van der Waals surface area contributed by atoms with Crippen molar-refractivity contribution in [1.82, 2.24) is 9.29 Å². The second-order valence-electron chi connectivity index (χ2n) is 6.54. The van der Waals surface area contributed by atoms with Crippen LogP contribution in [0.2, 0.25) is 0 Å². The normalized spacial score (nSPS) is 14.9. The van der Waals surface area contributed by atoms with Crippen molar-refractivity contribution < 1.29 is 30.4 Å². The third-order valence-corrected chi connectivity index (χ3v) is 6.61. The number of aromatic nitrogens is 1. The highest BCUT2D eigenvalue weighted by atomic mass is 32.2. The largest absolute Gasteiger partial charge is 0.361 e. The summed E-state index contributed by atoms with van der Waals surface area (Å²) in [5.74, 6) is -11.7. The van der Waals surface area contributed by atoms with Gasteiger partial charge in [-0.15, -0.1) is 0 Å². The van der Waals surface area contributed by atoms with Gasteiger partial charge in [-0.3, -0.25) is 0 Å². The molecule has 4 rings (SSSR count). The number of nitrogens with one attached hydrogen (secondary N) is 1. The van der Waals surface area contributed by atoms with Gasteiger partial charge in [0.1, 0.15) is 0 Å². The van der Waals surface area contributed by atoms with Crippen LogP contribution in [0.25, 0.3) is 10.9 Å². The minimum atomic E-state index is -4.98. The van der Waals surface area contributed by atoms with Crippen LogP contribution in [0.5, 0.6) is 0 Å². The Bertz CT molecular complexity index is 1160. The summed E-state index contributed by atoms with van der Waals surface area (Å²) in [6.07, 6.45) is 2.40. The Kier molecular flexibility index (Phi) is 4.42. The summed E-state index contributed by atoms with van der Waals surface area (Å²) in [6.45, 7) is -0.267. The van der Waals surface area contributed by atoms with E-state index in [1.807, 2.05) is 0 Å². The van der Waals surface area contributed by atoms with Gasteiger partial charge in [0.15, 0.2) is 28.2 Å². The fraction of sp³-hybridized carbons (Fsp3) is 0.222. The van der Waals surface area contributed by atoms with Gasteiger partial charge in [0.2, 0.25) is 15.8 Å². The molecule has 28 heavy (non-hydrogen) atoms. The third kappa shape index (κ3) is 2.87. The Balaban J connectivity index is 1.83. The Morgan fingerprint density at radius 3 is 2.11 bits per heavy atom. The Morgan fingerprint density at radius 1 is 0.929 bits per heavy atom. The molecule has 148 valence electrons. The smallest absolute Gasteiger partial charge is 0.249 e. The number of para-hydroxylation sites is 1. The van der Waals surface area contributed by atoms with E-state index in [9.17, 15) is 30.4 Å². The van der Waals surface area contributed by atoms with Crippen LogP contribution in [0, 0.1) is 29.1 Å². The molecule has 1 aliphatic carbocycles. The predicted molar refractivity (Wildman–Crippen MR) is 90.3 cm³/mol. The standard InChI is InChI=1S/C18H13F5N2O2S/c19-13-14(20)16(22)18(17(23)15(13)21)28(26,27)25(10-5-6-10)8-9-7-24-12-4-2-1-3-11(9)12/h1-4,7,10,24H,5-6,8H2. The van der Waals surface area contributed by atoms with Gasteiger partial charge in [0.25, 0.3) is 0 Å². The number of benzene rings is 2. The quantitative estimate of drug-likeness (QED) is 0.385. The van der Waals surface area contributed by atoms with E-state index in [2.05, 4.69) is 4.98 Å². The van der Waals surface area contributed by atoms with Gasteiger partial charge >= 0.3 is 0 Å². The van der Waals surface area contributed by atoms with E-state index in [0.29, 0.717) is 23.8 Å². The minimum Gasteiger partial charge on any atom is -0.361 e. The fourth-order valence-corrected chi connectivity index (χ4v) is 4.91. The highest BCUT2D eigenvalue weighted by Crippen LogP contribution is 2.37. The SMILES string of the molecule is O=S(=O)(c1c(F)c(F)c(F)c(F)c1F)N(Cc1c[nH]c2ccccc12)C1CC1. The highest BCUT2D eigenvalue weighted by molar-refractivity contribution is 7.89. The number of rotatable bonds is 5. The number of fused-ring (bicyclic) bond motifs is 1. The van der Waals surface area contributed by atoms with Gasteiger partial charge in [-0.05, 0) is 24.5 Å². The number of halogens is 5. The average Bonchev–Trinajstić information content (AvgIpc) is 3.42. The van der Waals surface area contributed by atoms with Gasteiger partial charge in [-0.2, -0.15) is 4.31 Å². The lowest BCUT2D eigenvalue weighted by molar-refractivity contribution is 0.346. The van der Waals surface area contributed by atoms with Gasteiger partial charge in [0.05, 0.1) is 0 Å². The second kappa shape index (κ2) is 6.56. The molecular weight excluding hydrogens is 403 g/mol. The maximum Gasteiger partial charge on any atom is 0.249 e. The van der Waals surface area contributed by atoms with Crippen molar-refractivity contribution in [1.29, 1.82) is 0 Å². The molecule has 0 radical (unpaired) electrons. The molecule has 0 amide bonds. The summed E-state index contributed by atoms with van der Waals surface area (Å²) in [4.78, 5) is 1.13. The van der Waals surface area contributed by atoms with Crippen LogP contribution in [-0.2, 0) is 16.6 Å². The van der Waals surface area contributed by atoms with Crippen LogP contribution in [0.3, 0.4) is 0 Å². The summed E-state index contributed by atoms with van der Waals surface area (Å²) in [6, 6.07) is 6.43. The summed E-state index contributed by atoms with van der Waals surface area (Å²) in [5.41, 5.74) is 1.25. The zero-order valence-corrected chi connectivity index (χ0v) is 15.0. The van der Waals surface area contributed by atoms with Crippen molar-refractivity contribution in [3.05, 3.63) is 65.1 Å². The fourth-order valence-electron chi connectivity index (χ4n) is 3.13. The molecule has 10 heteroatoms. The van der Waals surface area contributed by atoms with E-state index >= 15 is 0 Å². The maximum atomic E-state index is 14.1. The second-order valence-corrected chi connectivity index (χ2v) is 8.37. The molecule has 4 nitrogen and oxygen atoms in total. The van der Waals surface area contributed by atoms with Crippen molar-refractivity contribution in [3.8, 4) is 0 Å². The molecule has 3 aromatic rings. The van der Waals surface area contributed by atoms with Crippen LogP contribution < -0.4 is 0 Å². The van der Waals surface area contributed by atoms with Gasteiger partial charge in [-0.1, -0.05) is 18.2 Å². The molecule has 0 spiro atoms. The average molecular weight is 416 g/mol. The summed E-state index contributed by atoms with van der Waals surface area (Å²) >= 11 is 0. The number of H-pyrrole nitrogens is 1. The first-order valence-corrected chi connectivity index (χ1v) is 9.75. The number of hydrogen-bond donors (Lipinski definition) is 1. The van der Waals surface area contributed by atoms with Crippen LogP contribution in [0.4, 0.5) is 22.0 Å². The van der Waals surface area contributed by atoms with E-state index in [-0.39, 0.29) is 6.54 Å². The molecule has 1 saturated carbocycles. The molecule has 1 heterocycles. The van der Waals surface area contributed by atoms with E-state index in [1.54, 1.807) is 30.5 Å². The zero-order chi connectivity index (χ0) is 20.2. The molecule has 1 N–H and O–H groups in total. The van der Waals surface area contributed by atoms with Crippen molar-refractivity contribution in [2.45, 2.75) is 30.3 Å². The Morgan fingerprint density at radius 2 is 1.50 bits per heavy atom. The molecule has 1 aromatic heterocycles. The first-order chi connectivity index (χ1) is 13.2. The van der Waals surface area contributed by atoms with Gasteiger partial charge in [0, 0.05) is 29.7 Å². The number of nitrogens with zero attached hydrogens (tertiary/aromatic N) is 1. The number of sulfonamides is 1. The molecule has 0 saturated heterocycles. The third-order valence-electron chi connectivity index (χ3n) is 4.69. The van der Waals surface area contributed by atoms with Crippen molar-refractivity contribution in [3.63, 3.8) is 0 Å². The molecule has 0 bridgehead atoms. The Hall–Kier alpha value is -2.46. The van der Waals surface area contributed by atoms with E-state index in [1.165, 1.54) is 0 Å². The van der Waals surface area contributed by atoms with E-state index in [0.717, 1.165) is 9.82 Å². The van der Waals surface area contributed by atoms with E-state index in [4.69, 9.17) is 0 Å². The molecule has 0 atom stereocenters. The lowest BCUT2D eigenvalue weighted by Crippen LogP contribution is -2.34. The first kappa shape index (κ1) is 18.9. The molecule has 1 aliphatic rings. The highest BCUT2D eigenvalue weighted by Gasteiger charge is 2.43. The molecular formula is C18H13F5N2O2S. The summed E-state index contributed by atoms with van der Waals surface area (Å²) in [5, 5.41) is 0.695. The van der Waals surface area contributed by atoms with Crippen LogP contribution in [-0.4, -0.2) is 23.7 Å². The topological polar surface area (TPSA) is 53.2 Å². The van der Waals surface area contributed by atoms with Crippen molar-refractivity contribution in [2.75, 3.05) is 0 Å². The monoisotopic (exact) mass is 416 g/mol. The van der Waals surface area contributed by atoms with Gasteiger partial charge < -0.3 is 4.98 Å². The zero-order valence-electron chi connectivity index (χ0n) is 14.1. The maximum absolute atomic E-state index is 14.1. The van der Waals surface area contributed by atoms with E-state index < -0.39 is 50.0 Å². The van der Waals surface area contributed by atoms with Crippen LogP contribution >= 0.6 is 0 Å².